The highest BCUT2D eigenvalue weighted by Gasteiger charge is 2.08. The summed E-state index contributed by atoms with van der Waals surface area (Å²) in [4.78, 5) is 19.5. The standard InChI is InChI=1S/C15H9N3OS3/c19-14-12(9-11-4-2-8-21-11)22-15-16-13(17-18(14)15)6-5-10-3-1-7-20-10/h1-9H. The summed E-state index contributed by atoms with van der Waals surface area (Å²) in [7, 11) is 0. The zero-order valence-electron chi connectivity index (χ0n) is 11.2. The van der Waals surface area contributed by atoms with E-state index in [0.29, 0.717) is 15.3 Å². The summed E-state index contributed by atoms with van der Waals surface area (Å²) in [5, 5.41) is 8.27. The van der Waals surface area contributed by atoms with Crippen molar-refractivity contribution < 1.29 is 0 Å². The van der Waals surface area contributed by atoms with Crippen LogP contribution < -0.4 is 10.1 Å². The molecule has 0 saturated heterocycles. The Bertz CT molecular complexity index is 1040. The van der Waals surface area contributed by atoms with Gasteiger partial charge in [-0.15, -0.1) is 27.8 Å². The van der Waals surface area contributed by atoms with Gasteiger partial charge in [-0.3, -0.25) is 4.79 Å². The lowest BCUT2D eigenvalue weighted by molar-refractivity contribution is 0.925. The van der Waals surface area contributed by atoms with Gasteiger partial charge in [-0.25, -0.2) is 0 Å². The maximum absolute atomic E-state index is 12.3. The van der Waals surface area contributed by atoms with Crippen LogP contribution in [0.25, 0.3) is 23.2 Å². The number of rotatable bonds is 3. The fourth-order valence-electron chi connectivity index (χ4n) is 1.96. The van der Waals surface area contributed by atoms with Crippen LogP contribution >= 0.6 is 34.0 Å². The van der Waals surface area contributed by atoms with Crippen molar-refractivity contribution in [2.75, 3.05) is 0 Å². The third-order valence-electron chi connectivity index (χ3n) is 2.95. The second-order valence-electron chi connectivity index (χ2n) is 4.44. The lowest BCUT2D eigenvalue weighted by Crippen LogP contribution is -2.23. The first-order chi connectivity index (χ1) is 10.8. The summed E-state index contributed by atoms with van der Waals surface area (Å²) in [6, 6.07) is 7.96. The lowest BCUT2D eigenvalue weighted by Gasteiger charge is -1.82. The molecule has 0 aliphatic rings. The zero-order chi connectivity index (χ0) is 14.9. The molecule has 108 valence electrons. The summed E-state index contributed by atoms with van der Waals surface area (Å²) in [6.07, 6.45) is 5.66. The molecule has 4 nitrogen and oxygen atoms in total. The molecule has 0 amide bonds. The van der Waals surface area contributed by atoms with E-state index in [-0.39, 0.29) is 5.56 Å². The van der Waals surface area contributed by atoms with Gasteiger partial charge in [0.1, 0.15) is 0 Å². The van der Waals surface area contributed by atoms with E-state index in [1.165, 1.54) is 15.9 Å². The fourth-order valence-corrected chi connectivity index (χ4v) is 4.22. The molecular weight excluding hydrogens is 334 g/mol. The van der Waals surface area contributed by atoms with Gasteiger partial charge in [0.15, 0.2) is 5.82 Å². The van der Waals surface area contributed by atoms with Crippen molar-refractivity contribution in [2.45, 2.75) is 0 Å². The van der Waals surface area contributed by atoms with Crippen molar-refractivity contribution in [3.8, 4) is 0 Å². The molecule has 0 aliphatic heterocycles. The average Bonchev–Trinajstić information content (AvgIpc) is 3.27. The Morgan fingerprint density at radius 1 is 1.05 bits per heavy atom. The Kier molecular flexibility index (Phi) is 3.45. The maximum atomic E-state index is 12.3. The normalized spacial score (nSPS) is 12.8. The SMILES string of the molecule is O=c1c(=Cc2cccs2)sc2nc(C=Cc3cccs3)nn12. The smallest absolute Gasteiger partial charge is 0.266 e. The van der Waals surface area contributed by atoms with Gasteiger partial charge in [0.05, 0.1) is 4.53 Å². The van der Waals surface area contributed by atoms with E-state index in [9.17, 15) is 4.79 Å². The third kappa shape index (κ3) is 2.54. The molecule has 4 rings (SSSR count). The van der Waals surface area contributed by atoms with E-state index < -0.39 is 0 Å². The second kappa shape index (κ2) is 5.60. The average molecular weight is 343 g/mol. The van der Waals surface area contributed by atoms with Gasteiger partial charge in [-0.05, 0) is 41.1 Å². The largest absolute Gasteiger partial charge is 0.291 e. The minimum Gasteiger partial charge on any atom is -0.266 e. The molecule has 4 heterocycles. The van der Waals surface area contributed by atoms with Gasteiger partial charge >= 0.3 is 0 Å². The monoisotopic (exact) mass is 343 g/mol. The van der Waals surface area contributed by atoms with E-state index >= 15 is 0 Å². The molecule has 7 heteroatoms. The summed E-state index contributed by atoms with van der Waals surface area (Å²) in [6.45, 7) is 0. The Hall–Kier alpha value is -2.09. The van der Waals surface area contributed by atoms with E-state index in [4.69, 9.17) is 0 Å². The molecule has 0 bridgehead atoms. The van der Waals surface area contributed by atoms with Crippen LogP contribution in [0.5, 0.6) is 0 Å². The number of aromatic nitrogens is 3. The summed E-state index contributed by atoms with van der Waals surface area (Å²) in [5.41, 5.74) is -0.114. The molecule has 0 fully saturated rings. The fraction of sp³-hybridized carbons (Fsp3) is 0. The van der Waals surface area contributed by atoms with Gasteiger partial charge in [0, 0.05) is 9.75 Å². The molecule has 22 heavy (non-hydrogen) atoms. The summed E-state index contributed by atoms with van der Waals surface area (Å²) in [5.74, 6) is 0.555. The van der Waals surface area contributed by atoms with Crippen molar-refractivity contribution in [1.29, 1.82) is 0 Å². The summed E-state index contributed by atoms with van der Waals surface area (Å²) >= 11 is 4.61. The molecule has 4 aromatic heterocycles. The van der Waals surface area contributed by atoms with Crippen LogP contribution in [0.15, 0.2) is 39.8 Å². The molecule has 0 N–H and O–H groups in total. The quantitative estimate of drug-likeness (QED) is 0.574. The van der Waals surface area contributed by atoms with E-state index in [0.717, 1.165) is 9.75 Å². The molecule has 0 spiro atoms. The Morgan fingerprint density at radius 3 is 2.50 bits per heavy atom. The Labute approximate surface area is 137 Å². The maximum Gasteiger partial charge on any atom is 0.291 e. The first-order valence-electron chi connectivity index (χ1n) is 6.46. The van der Waals surface area contributed by atoms with Crippen LogP contribution in [0.1, 0.15) is 15.6 Å². The molecule has 0 radical (unpaired) electrons. The van der Waals surface area contributed by atoms with Gasteiger partial charge in [-0.2, -0.15) is 9.50 Å². The van der Waals surface area contributed by atoms with E-state index in [1.54, 1.807) is 22.7 Å². The van der Waals surface area contributed by atoms with Crippen molar-refractivity contribution in [3.63, 3.8) is 0 Å². The predicted molar refractivity (Wildman–Crippen MR) is 93.5 cm³/mol. The molecule has 0 aliphatic carbocycles. The topological polar surface area (TPSA) is 47.3 Å². The molecule has 0 saturated carbocycles. The Morgan fingerprint density at radius 2 is 1.82 bits per heavy atom. The van der Waals surface area contributed by atoms with E-state index in [2.05, 4.69) is 10.1 Å². The molecule has 4 aromatic rings. The highest BCUT2D eigenvalue weighted by Crippen LogP contribution is 2.13. The number of thiazole rings is 1. The van der Waals surface area contributed by atoms with Crippen LogP contribution in [-0.2, 0) is 0 Å². The van der Waals surface area contributed by atoms with Crippen LogP contribution in [0.3, 0.4) is 0 Å². The first-order valence-corrected chi connectivity index (χ1v) is 9.03. The van der Waals surface area contributed by atoms with Crippen molar-refractivity contribution in [3.05, 3.63) is 65.5 Å². The van der Waals surface area contributed by atoms with Crippen molar-refractivity contribution in [2.24, 2.45) is 0 Å². The number of fused-ring (bicyclic) bond motifs is 1. The third-order valence-corrected chi connectivity index (χ3v) is 5.57. The lowest BCUT2D eigenvalue weighted by atomic mass is 10.4. The van der Waals surface area contributed by atoms with Gasteiger partial charge < -0.3 is 0 Å². The first kappa shape index (κ1) is 13.6. The van der Waals surface area contributed by atoms with Crippen LogP contribution in [-0.4, -0.2) is 14.6 Å². The highest BCUT2D eigenvalue weighted by molar-refractivity contribution is 7.15. The van der Waals surface area contributed by atoms with Crippen LogP contribution in [0, 0.1) is 0 Å². The Balaban J connectivity index is 1.73. The van der Waals surface area contributed by atoms with E-state index in [1.807, 2.05) is 53.3 Å². The predicted octanol–water partition coefficient (Wildman–Crippen LogP) is 2.99. The van der Waals surface area contributed by atoms with Crippen molar-refractivity contribution in [1.82, 2.24) is 14.6 Å². The van der Waals surface area contributed by atoms with Gasteiger partial charge in [0.25, 0.3) is 5.56 Å². The van der Waals surface area contributed by atoms with Gasteiger partial charge in [-0.1, -0.05) is 23.5 Å². The zero-order valence-corrected chi connectivity index (χ0v) is 13.6. The molecule has 0 atom stereocenters. The van der Waals surface area contributed by atoms with Crippen molar-refractivity contribution >= 4 is 57.2 Å². The highest BCUT2D eigenvalue weighted by atomic mass is 32.1. The van der Waals surface area contributed by atoms with Gasteiger partial charge in [0.2, 0.25) is 4.96 Å². The second-order valence-corrected chi connectivity index (χ2v) is 7.41. The number of nitrogens with zero attached hydrogens (tertiary/aromatic N) is 3. The molecule has 0 aromatic carbocycles. The van der Waals surface area contributed by atoms with Crippen LogP contribution in [0.2, 0.25) is 0 Å². The van der Waals surface area contributed by atoms with Crippen LogP contribution in [0.4, 0.5) is 0 Å². The molecule has 0 unspecified atom stereocenters. The minimum absolute atomic E-state index is 0.114. The number of hydrogen-bond acceptors (Lipinski definition) is 6. The minimum atomic E-state index is -0.114. The number of hydrogen-bond donors (Lipinski definition) is 0. The molecular formula is C15H9N3OS3. The summed E-state index contributed by atoms with van der Waals surface area (Å²) < 4.78 is 2.03. The number of thiophene rings is 2.